The summed E-state index contributed by atoms with van der Waals surface area (Å²) in [5.74, 6) is -3.03. The van der Waals surface area contributed by atoms with Crippen LogP contribution in [0, 0.1) is 0 Å². The van der Waals surface area contributed by atoms with Crippen molar-refractivity contribution in [3.63, 3.8) is 0 Å². The second kappa shape index (κ2) is 18.4. The monoisotopic (exact) mass is 694 g/mol. The summed E-state index contributed by atoms with van der Waals surface area (Å²) in [5, 5.41) is 0. The number of rotatable bonds is 15. The van der Waals surface area contributed by atoms with Crippen molar-refractivity contribution < 1.29 is 52.4 Å². The Bertz CT molecular complexity index is 1750. The number of esters is 4. The zero-order valence-electron chi connectivity index (χ0n) is 28.0. The first-order valence-corrected chi connectivity index (χ1v) is 16.6. The molecule has 0 aromatic heterocycles. The van der Waals surface area contributed by atoms with Gasteiger partial charge in [-0.1, -0.05) is 72.8 Å². The molecule has 4 aromatic rings. The van der Waals surface area contributed by atoms with Gasteiger partial charge in [0, 0.05) is 13.0 Å². The van der Waals surface area contributed by atoms with Gasteiger partial charge in [0.05, 0.1) is 22.3 Å². The summed E-state index contributed by atoms with van der Waals surface area (Å²) in [6.45, 7) is 1.11. The van der Waals surface area contributed by atoms with Crippen molar-refractivity contribution in [2.24, 2.45) is 0 Å². The molecule has 1 heterocycles. The number of hydrogen-bond donors (Lipinski definition) is 0. The molecule has 0 N–H and O–H groups in total. The van der Waals surface area contributed by atoms with Crippen LogP contribution in [0.25, 0.3) is 0 Å². The molecule has 264 valence electrons. The topological polar surface area (TPSA) is 141 Å². The van der Waals surface area contributed by atoms with Crippen molar-refractivity contribution in [3.8, 4) is 0 Å². The standard InChI is InChI=1S/C40H38O11/c1-27(41)16-14-15-25-46-40-35(51-39(45)31-23-12-5-13-24-31)34(50-38(44)30-21-10-4-11-22-30)33(49-37(43)29-19-8-3-9-20-29)32(48-40)26-47-36(42)28-17-6-2-7-18-28/h2-13,17-24,32-35,40H,14-16,25-26H2,1H3/t32?,33-,34+,35?,40-/m0/s1. The van der Waals surface area contributed by atoms with Gasteiger partial charge in [-0.05, 0) is 68.3 Å². The molecule has 11 nitrogen and oxygen atoms in total. The fourth-order valence-electron chi connectivity index (χ4n) is 5.34. The van der Waals surface area contributed by atoms with Crippen LogP contribution in [-0.4, -0.2) is 73.6 Å². The number of carbonyl (C=O) groups excluding carboxylic acids is 5. The van der Waals surface area contributed by atoms with Gasteiger partial charge in [0.1, 0.15) is 18.5 Å². The van der Waals surface area contributed by atoms with Gasteiger partial charge in [-0.3, -0.25) is 0 Å². The van der Waals surface area contributed by atoms with E-state index in [4.69, 9.17) is 28.4 Å². The zero-order valence-corrected chi connectivity index (χ0v) is 28.0. The highest BCUT2D eigenvalue weighted by molar-refractivity contribution is 5.91. The minimum absolute atomic E-state index is 0.0230. The number of ether oxygens (including phenoxy) is 6. The van der Waals surface area contributed by atoms with Crippen molar-refractivity contribution in [2.75, 3.05) is 13.2 Å². The maximum Gasteiger partial charge on any atom is 0.338 e. The van der Waals surface area contributed by atoms with Gasteiger partial charge < -0.3 is 33.2 Å². The summed E-state index contributed by atoms with van der Waals surface area (Å²) in [6.07, 6.45) is -5.74. The summed E-state index contributed by atoms with van der Waals surface area (Å²) >= 11 is 0. The molecule has 1 aliphatic rings. The molecule has 0 amide bonds. The molecule has 5 rings (SSSR count). The molecule has 0 aliphatic carbocycles. The average molecular weight is 695 g/mol. The summed E-state index contributed by atoms with van der Waals surface area (Å²) in [4.78, 5) is 65.3. The maximum atomic E-state index is 13.6. The van der Waals surface area contributed by atoms with Gasteiger partial charge in [-0.2, -0.15) is 0 Å². The summed E-state index contributed by atoms with van der Waals surface area (Å²) < 4.78 is 36.1. The van der Waals surface area contributed by atoms with E-state index in [9.17, 15) is 24.0 Å². The first-order chi connectivity index (χ1) is 24.8. The van der Waals surface area contributed by atoms with Crippen LogP contribution in [0.1, 0.15) is 67.6 Å². The highest BCUT2D eigenvalue weighted by Gasteiger charge is 2.53. The van der Waals surface area contributed by atoms with E-state index in [1.165, 1.54) is 6.92 Å². The van der Waals surface area contributed by atoms with Crippen molar-refractivity contribution in [2.45, 2.75) is 56.9 Å². The van der Waals surface area contributed by atoms with Crippen LogP contribution >= 0.6 is 0 Å². The minimum Gasteiger partial charge on any atom is -0.459 e. The average Bonchev–Trinajstić information content (AvgIpc) is 3.16. The number of Topliss-reactive ketones (excluding diaryl/α,β-unsaturated/α-hetero) is 1. The second-order valence-corrected chi connectivity index (χ2v) is 11.7. The summed E-state index contributed by atoms with van der Waals surface area (Å²) in [5.41, 5.74) is 0.833. The molecule has 2 unspecified atom stereocenters. The molecule has 11 heteroatoms. The lowest BCUT2D eigenvalue weighted by Gasteiger charge is -2.44. The third-order valence-corrected chi connectivity index (χ3v) is 7.94. The minimum atomic E-state index is -1.51. The lowest BCUT2D eigenvalue weighted by molar-refractivity contribution is -0.298. The van der Waals surface area contributed by atoms with E-state index in [2.05, 4.69) is 0 Å². The molecule has 1 fully saturated rings. The van der Waals surface area contributed by atoms with Gasteiger partial charge in [0.15, 0.2) is 24.6 Å². The van der Waals surface area contributed by atoms with Crippen molar-refractivity contribution in [1.82, 2.24) is 0 Å². The van der Waals surface area contributed by atoms with Gasteiger partial charge in [0.2, 0.25) is 0 Å². The van der Waals surface area contributed by atoms with Crippen LogP contribution in [0.5, 0.6) is 0 Å². The number of hydrogen-bond acceptors (Lipinski definition) is 11. The quantitative estimate of drug-likeness (QED) is 0.0820. The number of benzene rings is 4. The van der Waals surface area contributed by atoms with Gasteiger partial charge >= 0.3 is 23.9 Å². The SMILES string of the molecule is CC(=O)CCCCO[C@H]1OC(COC(=O)c2ccccc2)[C@H](OC(=O)c2ccccc2)[C@@H](OC(=O)c2ccccc2)C1OC(=O)c1ccccc1. The maximum absolute atomic E-state index is 13.6. The number of ketones is 1. The molecule has 5 atom stereocenters. The van der Waals surface area contributed by atoms with E-state index in [-0.39, 0.29) is 34.6 Å². The Kier molecular flexibility index (Phi) is 13.2. The Labute approximate surface area is 295 Å². The fraction of sp³-hybridized carbons (Fsp3) is 0.275. The normalized spacial score (nSPS) is 19.7. The molecule has 1 aliphatic heterocycles. The first-order valence-electron chi connectivity index (χ1n) is 16.6. The van der Waals surface area contributed by atoms with E-state index in [1.807, 2.05) is 0 Å². The molecule has 4 aromatic carbocycles. The van der Waals surface area contributed by atoms with Gasteiger partial charge in [-0.25, -0.2) is 19.2 Å². The molecular formula is C40H38O11. The molecular weight excluding hydrogens is 656 g/mol. The van der Waals surface area contributed by atoms with Crippen LogP contribution in [0.15, 0.2) is 121 Å². The van der Waals surface area contributed by atoms with Crippen molar-refractivity contribution in [3.05, 3.63) is 144 Å². The Balaban J connectivity index is 1.52. The third-order valence-electron chi connectivity index (χ3n) is 7.94. The second-order valence-electron chi connectivity index (χ2n) is 11.7. The number of carbonyl (C=O) groups is 5. The molecule has 0 radical (unpaired) electrons. The van der Waals surface area contributed by atoms with Crippen LogP contribution < -0.4 is 0 Å². The van der Waals surface area contributed by atoms with E-state index < -0.39 is 61.2 Å². The smallest absolute Gasteiger partial charge is 0.338 e. The fourth-order valence-corrected chi connectivity index (χ4v) is 5.34. The van der Waals surface area contributed by atoms with E-state index >= 15 is 0 Å². The van der Waals surface area contributed by atoms with Crippen molar-refractivity contribution in [1.29, 1.82) is 0 Å². The van der Waals surface area contributed by atoms with Crippen LogP contribution in [0.3, 0.4) is 0 Å². The van der Waals surface area contributed by atoms with Crippen LogP contribution in [0.4, 0.5) is 0 Å². The molecule has 51 heavy (non-hydrogen) atoms. The lowest BCUT2D eigenvalue weighted by atomic mass is 9.97. The predicted octanol–water partition coefficient (Wildman–Crippen LogP) is 6.02. The largest absolute Gasteiger partial charge is 0.459 e. The first kappa shape index (κ1) is 36.6. The molecule has 1 saturated heterocycles. The Morgan fingerprint density at radius 1 is 0.529 bits per heavy atom. The molecule has 0 saturated carbocycles. The van der Waals surface area contributed by atoms with Crippen LogP contribution in [-0.2, 0) is 33.2 Å². The third kappa shape index (κ3) is 10.4. The van der Waals surface area contributed by atoms with Gasteiger partial charge in [-0.15, -0.1) is 0 Å². The highest BCUT2D eigenvalue weighted by atomic mass is 16.7. The molecule has 0 bridgehead atoms. The van der Waals surface area contributed by atoms with E-state index in [0.717, 1.165) is 0 Å². The number of unbranched alkanes of at least 4 members (excludes halogenated alkanes) is 1. The summed E-state index contributed by atoms with van der Waals surface area (Å²) in [7, 11) is 0. The van der Waals surface area contributed by atoms with Gasteiger partial charge in [0.25, 0.3) is 0 Å². The zero-order chi connectivity index (χ0) is 36.0. The summed E-state index contributed by atoms with van der Waals surface area (Å²) in [6, 6.07) is 32.7. The lowest BCUT2D eigenvalue weighted by Crippen LogP contribution is -2.63. The van der Waals surface area contributed by atoms with E-state index in [0.29, 0.717) is 19.3 Å². The van der Waals surface area contributed by atoms with Crippen LogP contribution in [0.2, 0.25) is 0 Å². The Morgan fingerprint density at radius 3 is 1.39 bits per heavy atom. The van der Waals surface area contributed by atoms with Crippen molar-refractivity contribution >= 4 is 29.7 Å². The highest BCUT2D eigenvalue weighted by Crippen LogP contribution is 2.32. The predicted molar refractivity (Wildman–Crippen MR) is 183 cm³/mol. The van der Waals surface area contributed by atoms with E-state index in [1.54, 1.807) is 121 Å². The Hall–Kier alpha value is -5.65. The Morgan fingerprint density at radius 2 is 0.941 bits per heavy atom. The molecule has 0 spiro atoms.